The summed E-state index contributed by atoms with van der Waals surface area (Å²) >= 11 is 6.16. The number of amides is 1. The van der Waals surface area contributed by atoms with Crippen LogP contribution in [0.3, 0.4) is 0 Å². The lowest BCUT2D eigenvalue weighted by Crippen LogP contribution is -2.31. The quantitative estimate of drug-likeness (QED) is 0.494. The zero-order valence-corrected chi connectivity index (χ0v) is 18.1. The van der Waals surface area contributed by atoms with Crippen molar-refractivity contribution in [3.8, 4) is 11.5 Å². The van der Waals surface area contributed by atoms with Crippen molar-refractivity contribution in [1.82, 2.24) is 5.32 Å². The number of nitrogens with one attached hydrogen (secondary N) is 1. The van der Waals surface area contributed by atoms with E-state index in [1.165, 1.54) is 0 Å². The lowest BCUT2D eigenvalue weighted by Gasteiger charge is -2.26. The highest BCUT2D eigenvalue weighted by Crippen LogP contribution is 2.32. The van der Waals surface area contributed by atoms with Crippen LogP contribution >= 0.6 is 11.6 Å². The Bertz CT molecular complexity index is 1090. The lowest BCUT2D eigenvalue weighted by molar-refractivity contribution is -0.117. The van der Waals surface area contributed by atoms with E-state index in [1.54, 1.807) is 12.2 Å². The third-order valence-corrected chi connectivity index (χ3v) is 5.55. The van der Waals surface area contributed by atoms with Crippen molar-refractivity contribution >= 4 is 23.6 Å². The van der Waals surface area contributed by atoms with Crippen LogP contribution in [0.15, 0.2) is 72.8 Å². The van der Waals surface area contributed by atoms with Crippen LogP contribution in [0, 0.1) is 6.92 Å². The molecule has 31 heavy (non-hydrogen) atoms. The maximum atomic E-state index is 12.5. The fourth-order valence-electron chi connectivity index (χ4n) is 3.51. The minimum absolute atomic E-state index is 0.0404. The summed E-state index contributed by atoms with van der Waals surface area (Å²) in [5.41, 5.74) is 4.04. The first-order valence-corrected chi connectivity index (χ1v) is 10.6. The molecule has 3 aromatic carbocycles. The SMILES string of the molecule is Cc1ccc2c(c1)C(NC(=O)/C=C/c1ccc(OCc3ccccc3Cl)cc1)CCO2. The number of fused-ring (bicyclic) bond motifs is 1. The molecular formula is C26H24ClNO3. The standard InChI is InChI=1S/C26H24ClNO3/c1-18-6-12-25-22(16-18)24(14-15-30-25)28-26(29)13-9-19-7-10-21(11-8-19)31-17-20-4-2-3-5-23(20)27/h2-13,16,24H,14-15,17H2,1H3,(H,28,29)/b13-9+. The predicted molar refractivity (Wildman–Crippen MR) is 123 cm³/mol. The van der Waals surface area contributed by atoms with Crippen LogP contribution in [0.25, 0.3) is 6.08 Å². The van der Waals surface area contributed by atoms with Gasteiger partial charge in [-0.1, -0.05) is 59.6 Å². The number of rotatable bonds is 6. The molecule has 1 atom stereocenters. The predicted octanol–water partition coefficient (Wildman–Crippen LogP) is 5.88. The fraction of sp³-hybridized carbons (Fsp3) is 0.192. The Labute approximate surface area is 187 Å². The van der Waals surface area contributed by atoms with Crippen molar-refractivity contribution in [3.63, 3.8) is 0 Å². The average molecular weight is 434 g/mol. The molecule has 158 valence electrons. The number of ether oxygens (including phenoxy) is 2. The summed E-state index contributed by atoms with van der Waals surface area (Å²) in [7, 11) is 0. The van der Waals surface area contributed by atoms with E-state index >= 15 is 0 Å². The van der Waals surface area contributed by atoms with Crippen molar-refractivity contribution in [3.05, 3.63) is 100 Å². The zero-order chi connectivity index (χ0) is 21.6. The van der Waals surface area contributed by atoms with Gasteiger partial charge < -0.3 is 14.8 Å². The third kappa shape index (κ3) is 5.47. The van der Waals surface area contributed by atoms with Gasteiger partial charge in [0.05, 0.1) is 12.6 Å². The first kappa shape index (κ1) is 21.0. The monoisotopic (exact) mass is 433 g/mol. The van der Waals surface area contributed by atoms with Crippen LogP contribution in [-0.2, 0) is 11.4 Å². The summed E-state index contributed by atoms with van der Waals surface area (Å²) < 4.78 is 11.5. The molecule has 1 aliphatic heterocycles. The fourth-order valence-corrected chi connectivity index (χ4v) is 3.70. The summed E-state index contributed by atoms with van der Waals surface area (Å²) in [6.45, 7) is 3.04. The molecule has 4 rings (SSSR count). The molecule has 0 spiro atoms. The highest BCUT2D eigenvalue weighted by atomic mass is 35.5. The van der Waals surface area contributed by atoms with E-state index in [1.807, 2.05) is 67.6 Å². The minimum atomic E-state index is -0.126. The van der Waals surface area contributed by atoms with Crippen LogP contribution in [0.1, 0.15) is 34.7 Å². The number of halogens is 1. The maximum Gasteiger partial charge on any atom is 0.244 e. The summed E-state index contributed by atoms with van der Waals surface area (Å²) in [5, 5.41) is 3.77. The van der Waals surface area contributed by atoms with Gasteiger partial charge in [-0.25, -0.2) is 0 Å². The van der Waals surface area contributed by atoms with Gasteiger partial charge in [0.2, 0.25) is 5.91 Å². The summed E-state index contributed by atoms with van der Waals surface area (Å²) in [4.78, 5) is 12.5. The zero-order valence-electron chi connectivity index (χ0n) is 17.3. The highest BCUT2D eigenvalue weighted by molar-refractivity contribution is 6.31. The largest absolute Gasteiger partial charge is 0.493 e. The van der Waals surface area contributed by atoms with Crippen molar-refractivity contribution in [2.24, 2.45) is 0 Å². The molecule has 0 bridgehead atoms. The molecule has 1 aliphatic rings. The van der Waals surface area contributed by atoms with Gasteiger partial charge in [-0.15, -0.1) is 0 Å². The van der Waals surface area contributed by atoms with Gasteiger partial charge in [-0.3, -0.25) is 4.79 Å². The third-order valence-electron chi connectivity index (χ3n) is 5.18. The van der Waals surface area contributed by atoms with E-state index in [4.69, 9.17) is 21.1 Å². The maximum absolute atomic E-state index is 12.5. The Morgan fingerprint density at radius 2 is 1.97 bits per heavy atom. The molecule has 0 saturated carbocycles. The van der Waals surface area contributed by atoms with Gasteiger partial charge in [0.1, 0.15) is 18.1 Å². The number of aryl methyl sites for hydroxylation is 1. The normalized spacial score (nSPS) is 15.2. The first-order valence-electron chi connectivity index (χ1n) is 10.3. The highest BCUT2D eigenvalue weighted by Gasteiger charge is 2.22. The molecule has 4 nitrogen and oxygen atoms in total. The van der Waals surface area contributed by atoms with Crippen LogP contribution in [0.5, 0.6) is 11.5 Å². The van der Waals surface area contributed by atoms with Crippen LogP contribution in [-0.4, -0.2) is 12.5 Å². The number of carbonyl (C=O) groups is 1. The molecule has 0 saturated heterocycles. The number of hydrogen-bond acceptors (Lipinski definition) is 3. The summed E-state index contributed by atoms with van der Waals surface area (Å²) in [6.07, 6.45) is 4.11. The van der Waals surface area contributed by atoms with Gasteiger partial charge in [0.25, 0.3) is 0 Å². The van der Waals surface area contributed by atoms with Crippen LogP contribution < -0.4 is 14.8 Å². The second-order valence-electron chi connectivity index (χ2n) is 7.52. The Morgan fingerprint density at radius 1 is 1.16 bits per heavy atom. The van der Waals surface area contributed by atoms with E-state index in [0.717, 1.165) is 40.2 Å². The second-order valence-corrected chi connectivity index (χ2v) is 7.93. The van der Waals surface area contributed by atoms with Gasteiger partial charge >= 0.3 is 0 Å². The molecule has 1 heterocycles. The molecule has 0 aliphatic carbocycles. The molecule has 1 unspecified atom stereocenters. The van der Waals surface area contributed by atoms with Crippen molar-refractivity contribution in [1.29, 1.82) is 0 Å². The van der Waals surface area contributed by atoms with Crippen molar-refractivity contribution < 1.29 is 14.3 Å². The van der Waals surface area contributed by atoms with E-state index in [9.17, 15) is 4.79 Å². The van der Waals surface area contributed by atoms with E-state index in [0.29, 0.717) is 18.2 Å². The molecule has 5 heteroatoms. The Balaban J connectivity index is 1.33. The summed E-state index contributed by atoms with van der Waals surface area (Å²) in [5.74, 6) is 1.47. The smallest absolute Gasteiger partial charge is 0.244 e. The van der Waals surface area contributed by atoms with Crippen LogP contribution in [0.2, 0.25) is 5.02 Å². The molecule has 3 aromatic rings. The first-order chi connectivity index (χ1) is 15.1. The molecule has 0 aromatic heterocycles. The summed E-state index contributed by atoms with van der Waals surface area (Å²) in [6, 6.07) is 21.2. The van der Waals surface area contributed by atoms with Crippen molar-refractivity contribution in [2.45, 2.75) is 26.0 Å². The van der Waals surface area contributed by atoms with Crippen LogP contribution in [0.4, 0.5) is 0 Å². The van der Waals surface area contributed by atoms with Gasteiger partial charge in [0, 0.05) is 28.6 Å². The van der Waals surface area contributed by atoms with Crippen molar-refractivity contribution in [2.75, 3.05) is 6.61 Å². The Morgan fingerprint density at radius 3 is 2.77 bits per heavy atom. The lowest BCUT2D eigenvalue weighted by atomic mass is 9.98. The number of hydrogen-bond donors (Lipinski definition) is 1. The Hall–Kier alpha value is -3.24. The number of carbonyl (C=O) groups excluding carboxylic acids is 1. The van der Waals surface area contributed by atoms with E-state index < -0.39 is 0 Å². The van der Waals surface area contributed by atoms with E-state index in [2.05, 4.69) is 11.4 Å². The molecular weight excluding hydrogens is 410 g/mol. The van der Waals surface area contributed by atoms with E-state index in [-0.39, 0.29) is 11.9 Å². The second kappa shape index (κ2) is 9.71. The topological polar surface area (TPSA) is 47.6 Å². The Kier molecular flexibility index (Phi) is 6.58. The molecule has 1 N–H and O–H groups in total. The molecule has 0 radical (unpaired) electrons. The number of benzene rings is 3. The van der Waals surface area contributed by atoms with Gasteiger partial charge in [0.15, 0.2) is 0 Å². The molecule has 0 fully saturated rings. The van der Waals surface area contributed by atoms with Gasteiger partial charge in [-0.05, 0) is 42.8 Å². The minimum Gasteiger partial charge on any atom is -0.493 e. The van der Waals surface area contributed by atoms with Gasteiger partial charge in [-0.2, -0.15) is 0 Å². The average Bonchev–Trinajstić information content (AvgIpc) is 2.78. The molecule has 1 amide bonds.